The molecule has 1 aliphatic heterocycles. The van der Waals surface area contributed by atoms with Gasteiger partial charge in [0.15, 0.2) is 9.99 Å². The SMILES string of the molecule is COc1cccc(C(CNc2ncnc3nc(SC)sc23)N2CCCC2)c1. The number of thiazole rings is 1. The molecule has 0 aliphatic carbocycles. The van der Waals surface area contributed by atoms with Crippen molar-refractivity contribution in [2.24, 2.45) is 0 Å². The Hall–Kier alpha value is -1.90. The Morgan fingerprint density at radius 1 is 1.30 bits per heavy atom. The fourth-order valence-electron chi connectivity index (χ4n) is 3.50. The maximum Gasteiger partial charge on any atom is 0.176 e. The van der Waals surface area contributed by atoms with Gasteiger partial charge in [-0.1, -0.05) is 23.9 Å². The monoisotopic (exact) mass is 401 g/mol. The molecule has 0 spiro atoms. The van der Waals surface area contributed by atoms with Crippen LogP contribution in [-0.2, 0) is 0 Å². The zero-order valence-corrected chi connectivity index (χ0v) is 17.1. The summed E-state index contributed by atoms with van der Waals surface area (Å²) < 4.78 is 7.47. The van der Waals surface area contributed by atoms with Crippen LogP contribution in [0, 0.1) is 0 Å². The highest BCUT2D eigenvalue weighted by molar-refractivity contribution is 8.00. The first-order valence-electron chi connectivity index (χ1n) is 9.06. The first-order valence-corrected chi connectivity index (χ1v) is 11.1. The third-order valence-electron chi connectivity index (χ3n) is 4.87. The molecule has 0 saturated carbocycles. The second kappa shape index (κ2) is 8.41. The van der Waals surface area contributed by atoms with Gasteiger partial charge >= 0.3 is 0 Å². The number of nitrogens with one attached hydrogen (secondary N) is 1. The Balaban J connectivity index is 1.59. The molecule has 1 aromatic carbocycles. The largest absolute Gasteiger partial charge is 0.497 e. The Morgan fingerprint density at radius 2 is 2.15 bits per heavy atom. The molecule has 1 saturated heterocycles. The molecule has 2 aromatic heterocycles. The van der Waals surface area contributed by atoms with E-state index in [-0.39, 0.29) is 6.04 Å². The molecule has 27 heavy (non-hydrogen) atoms. The van der Waals surface area contributed by atoms with Crippen LogP contribution in [0.3, 0.4) is 0 Å². The molecular formula is C19H23N5OS2. The lowest BCUT2D eigenvalue weighted by Gasteiger charge is -2.28. The summed E-state index contributed by atoms with van der Waals surface area (Å²) >= 11 is 3.28. The number of rotatable bonds is 7. The zero-order chi connectivity index (χ0) is 18.6. The summed E-state index contributed by atoms with van der Waals surface area (Å²) in [6, 6.07) is 8.65. The van der Waals surface area contributed by atoms with Crippen molar-refractivity contribution in [3.63, 3.8) is 0 Å². The van der Waals surface area contributed by atoms with E-state index in [1.165, 1.54) is 18.4 Å². The maximum absolute atomic E-state index is 5.43. The van der Waals surface area contributed by atoms with Gasteiger partial charge in [0.25, 0.3) is 0 Å². The Kier molecular flexibility index (Phi) is 5.75. The van der Waals surface area contributed by atoms with Gasteiger partial charge < -0.3 is 10.1 Å². The number of hydrogen-bond acceptors (Lipinski definition) is 8. The maximum atomic E-state index is 5.43. The molecule has 1 atom stereocenters. The number of methoxy groups -OCH3 is 1. The van der Waals surface area contributed by atoms with Crippen LogP contribution < -0.4 is 10.1 Å². The van der Waals surface area contributed by atoms with Crippen molar-refractivity contribution < 1.29 is 4.74 Å². The fraction of sp³-hybridized carbons (Fsp3) is 0.421. The number of fused-ring (bicyclic) bond motifs is 1. The van der Waals surface area contributed by atoms with Crippen molar-refractivity contribution in [2.45, 2.75) is 23.2 Å². The predicted octanol–water partition coefficient (Wildman–Crippen LogP) is 4.07. The number of anilines is 1. The number of ether oxygens (including phenoxy) is 1. The van der Waals surface area contributed by atoms with Gasteiger partial charge in [-0.2, -0.15) is 0 Å². The van der Waals surface area contributed by atoms with Crippen molar-refractivity contribution in [3.8, 4) is 5.75 Å². The normalized spacial score (nSPS) is 15.9. The summed E-state index contributed by atoms with van der Waals surface area (Å²) in [7, 11) is 1.72. The molecule has 3 heterocycles. The van der Waals surface area contributed by atoms with E-state index in [2.05, 4.69) is 43.4 Å². The molecule has 3 aromatic rings. The van der Waals surface area contributed by atoms with E-state index >= 15 is 0 Å². The minimum absolute atomic E-state index is 0.278. The van der Waals surface area contributed by atoms with Crippen LogP contribution >= 0.6 is 23.1 Å². The first kappa shape index (κ1) is 18.5. The van der Waals surface area contributed by atoms with Gasteiger partial charge in [-0.15, -0.1) is 11.3 Å². The highest BCUT2D eigenvalue weighted by Crippen LogP contribution is 2.32. The van der Waals surface area contributed by atoms with E-state index in [1.54, 1.807) is 36.5 Å². The van der Waals surface area contributed by atoms with E-state index < -0.39 is 0 Å². The third-order valence-corrected chi connectivity index (χ3v) is 6.91. The van der Waals surface area contributed by atoms with Crippen molar-refractivity contribution in [3.05, 3.63) is 36.2 Å². The molecule has 8 heteroatoms. The highest BCUT2D eigenvalue weighted by atomic mass is 32.2. The molecule has 1 N–H and O–H groups in total. The van der Waals surface area contributed by atoms with Crippen molar-refractivity contribution >= 4 is 39.3 Å². The van der Waals surface area contributed by atoms with Gasteiger partial charge in [-0.3, -0.25) is 4.90 Å². The number of benzene rings is 1. The molecule has 0 bridgehead atoms. The van der Waals surface area contributed by atoms with Gasteiger partial charge in [-0.05, 0) is 49.9 Å². The molecule has 0 amide bonds. The standard InChI is InChI=1S/C19H23N5OS2/c1-25-14-7-5-6-13(10-14)15(24-8-3-4-9-24)11-20-17-16-18(22-12-21-17)23-19(26-2)27-16/h5-7,10,12,15H,3-4,8-9,11H2,1-2H3,(H,20,21,22). The summed E-state index contributed by atoms with van der Waals surface area (Å²) in [5, 5.41) is 3.57. The molecule has 1 fully saturated rings. The van der Waals surface area contributed by atoms with Gasteiger partial charge in [-0.25, -0.2) is 15.0 Å². The number of hydrogen-bond donors (Lipinski definition) is 1. The van der Waals surface area contributed by atoms with Gasteiger partial charge in [0.2, 0.25) is 0 Å². The Labute approximate surface area is 167 Å². The summed E-state index contributed by atoms with van der Waals surface area (Å²) in [6.45, 7) is 3.03. The van der Waals surface area contributed by atoms with E-state index in [1.807, 2.05) is 12.3 Å². The van der Waals surface area contributed by atoms with Crippen LogP contribution in [0.25, 0.3) is 10.3 Å². The quantitative estimate of drug-likeness (QED) is 0.599. The number of thioether (sulfide) groups is 1. The Bertz CT molecular complexity index is 910. The van der Waals surface area contributed by atoms with E-state index in [9.17, 15) is 0 Å². The lowest BCUT2D eigenvalue weighted by molar-refractivity contribution is 0.255. The smallest absolute Gasteiger partial charge is 0.176 e. The van der Waals surface area contributed by atoms with Gasteiger partial charge in [0.1, 0.15) is 22.6 Å². The zero-order valence-electron chi connectivity index (χ0n) is 15.5. The van der Waals surface area contributed by atoms with Gasteiger partial charge in [0, 0.05) is 6.54 Å². The first-order chi connectivity index (χ1) is 13.3. The average molecular weight is 402 g/mol. The van der Waals surface area contributed by atoms with Crippen LogP contribution in [-0.4, -0.2) is 52.9 Å². The van der Waals surface area contributed by atoms with Gasteiger partial charge in [0.05, 0.1) is 13.2 Å². The van der Waals surface area contributed by atoms with Crippen molar-refractivity contribution in [2.75, 3.05) is 38.3 Å². The lowest BCUT2D eigenvalue weighted by atomic mass is 10.0. The molecule has 0 radical (unpaired) electrons. The summed E-state index contributed by atoms with van der Waals surface area (Å²) in [4.78, 5) is 15.9. The van der Waals surface area contributed by atoms with E-state index in [0.29, 0.717) is 0 Å². The summed E-state index contributed by atoms with van der Waals surface area (Å²) in [6.07, 6.45) is 6.13. The van der Waals surface area contributed by atoms with Crippen LogP contribution in [0.1, 0.15) is 24.4 Å². The van der Waals surface area contributed by atoms with Crippen LogP contribution in [0.2, 0.25) is 0 Å². The van der Waals surface area contributed by atoms with E-state index in [0.717, 1.165) is 45.9 Å². The predicted molar refractivity (Wildman–Crippen MR) is 112 cm³/mol. The second-order valence-electron chi connectivity index (χ2n) is 6.48. The lowest BCUT2D eigenvalue weighted by Crippen LogP contribution is -2.31. The van der Waals surface area contributed by atoms with Crippen LogP contribution in [0.15, 0.2) is 34.9 Å². The van der Waals surface area contributed by atoms with Crippen LogP contribution in [0.4, 0.5) is 5.82 Å². The number of nitrogens with zero attached hydrogens (tertiary/aromatic N) is 4. The minimum atomic E-state index is 0.278. The van der Waals surface area contributed by atoms with Crippen molar-refractivity contribution in [1.82, 2.24) is 19.9 Å². The number of aromatic nitrogens is 3. The molecular weight excluding hydrogens is 378 g/mol. The second-order valence-corrected chi connectivity index (χ2v) is 8.53. The van der Waals surface area contributed by atoms with Crippen molar-refractivity contribution in [1.29, 1.82) is 0 Å². The minimum Gasteiger partial charge on any atom is -0.497 e. The molecule has 6 nitrogen and oxygen atoms in total. The van der Waals surface area contributed by atoms with E-state index in [4.69, 9.17) is 4.74 Å². The molecule has 142 valence electrons. The summed E-state index contributed by atoms with van der Waals surface area (Å²) in [5.74, 6) is 1.76. The molecule has 1 aliphatic rings. The average Bonchev–Trinajstić information content (AvgIpc) is 3.38. The van der Waals surface area contributed by atoms with Crippen LogP contribution in [0.5, 0.6) is 5.75 Å². The fourth-order valence-corrected chi connectivity index (χ4v) is 4.98. The summed E-state index contributed by atoms with van der Waals surface area (Å²) in [5.41, 5.74) is 2.03. The topological polar surface area (TPSA) is 63.2 Å². The highest BCUT2D eigenvalue weighted by Gasteiger charge is 2.24. The third kappa shape index (κ3) is 4.02. The Morgan fingerprint density at radius 3 is 2.93 bits per heavy atom. The molecule has 4 rings (SSSR count). The number of likely N-dealkylation sites (tertiary alicyclic amines) is 1. The molecule has 1 unspecified atom stereocenters.